The van der Waals surface area contributed by atoms with Gasteiger partial charge in [0.05, 0.1) is 0 Å². The van der Waals surface area contributed by atoms with E-state index in [0.717, 1.165) is 33.5 Å². The fourth-order valence-corrected chi connectivity index (χ4v) is 3.83. The van der Waals surface area contributed by atoms with E-state index in [9.17, 15) is 4.79 Å². The molecule has 0 saturated heterocycles. The first-order valence-electron chi connectivity index (χ1n) is 9.45. The van der Waals surface area contributed by atoms with Crippen molar-refractivity contribution < 1.29 is 9.21 Å². The number of rotatable bonds is 5. The Morgan fingerprint density at radius 3 is 2.69 bits per heavy atom. The van der Waals surface area contributed by atoms with Crippen LogP contribution in [0.2, 0.25) is 0 Å². The third-order valence-corrected chi connectivity index (χ3v) is 5.74. The summed E-state index contributed by atoms with van der Waals surface area (Å²) < 4.78 is 5.79. The largest absolute Gasteiger partial charge is 0.431 e. The molecule has 5 heteroatoms. The molecule has 4 nitrogen and oxygen atoms in total. The van der Waals surface area contributed by atoms with Gasteiger partial charge < -0.3 is 9.73 Å². The number of nitrogens with zero attached hydrogens (tertiary/aromatic N) is 1. The molecule has 0 spiro atoms. The van der Waals surface area contributed by atoms with Crippen LogP contribution < -0.4 is 5.32 Å². The van der Waals surface area contributed by atoms with Crippen LogP contribution in [-0.2, 0) is 5.75 Å². The van der Waals surface area contributed by atoms with Crippen molar-refractivity contribution in [2.45, 2.75) is 31.7 Å². The van der Waals surface area contributed by atoms with Gasteiger partial charge in [0.25, 0.3) is 11.1 Å². The number of carbonyl (C=O) groups excluding carboxylic acids is 1. The standard InChI is InChI=1S/C24H22N2O2S/c1-15-7-10-22-21(11-15)26-24(28-22)29-14-18-5-4-6-19(13-18)23(27)25-20-9-8-16(2)17(3)12-20/h4-13H,14H2,1-3H3,(H,25,27). The average Bonchev–Trinajstić information content (AvgIpc) is 3.11. The third-order valence-electron chi connectivity index (χ3n) is 4.84. The van der Waals surface area contributed by atoms with E-state index >= 15 is 0 Å². The molecule has 0 aliphatic heterocycles. The summed E-state index contributed by atoms with van der Waals surface area (Å²) in [5.41, 5.74) is 7.66. The summed E-state index contributed by atoms with van der Waals surface area (Å²) in [4.78, 5) is 17.2. The van der Waals surface area contributed by atoms with E-state index in [0.29, 0.717) is 16.5 Å². The monoisotopic (exact) mass is 402 g/mol. The Morgan fingerprint density at radius 1 is 1.00 bits per heavy atom. The predicted octanol–water partition coefficient (Wildman–Crippen LogP) is 6.30. The Hall–Kier alpha value is -3.05. The average molecular weight is 403 g/mol. The minimum atomic E-state index is -0.113. The first kappa shape index (κ1) is 19.3. The number of aryl methyl sites for hydroxylation is 3. The van der Waals surface area contributed by atoms with Crippen LogP contribution in [0.15, 0.2) is 70.3 Å². The van der Waals surface area contributed by atoms with Crippen LogP contribution >= 0.6 is 11.8 Å². The second-order valence-electron chi connectivity index (χ2n) is 7.19. The molecule has 29 heavy (non-hydrogen) atoms. The number of thioether (sulfide) groups is 1. The minimum absolute atomic E-state index is 0.113. The van der Waals surface area contributed by atoms with Crippen LogP contribution in [0.3, 0.4) is 0 Å². The summed E-state index contributed by atoms with van der Waals surface area (Å²) in [6.07, 6.45) is 0. The van der Waals surface area contributed by atoms with Crippen molar-refractivity contribution in [3.05, 3.63) is 88.5 Å². The first-order chi connectivity index (χ1) is 14.0. The zero-order valence-corrected chi connectivity index (χ0v) is 17.5. The molecule has 4 aromatic rings. The summed E-state index contributed by atoms with van der Waals surface area (Å²) in [6.45, 7) is 6.13. The number of hydrogen-bond donors (Lipinski definition) is 1. The van der Waals surface area contributed by atoms with E-state index in [2.05, 4.69) is 17.2 Å². The lowest BCUT2D eigenvalue weighted by Crippen LogP contribution is -2.12. The van der Waals surface area contributed by atoms with E-state index in [4.69, 9.17) is 4.42 Å². The van der Waals surface area contributed by atoms with Gasteiger partial charge in [0.15, 0.2) is 5.58 Å². The highest BCUT2D eigenvalue weighted by Crippen LogP contribution is 2.27. The van der Waals surface area contributed by atoms with Crippen LogP contribution in [0.1, 0.15) is 32.6 Å². The summed E-state index contributed by atoms with van der Waals surface area (Å²) in [5, 5.41) is 3.61. The SMILES string of the molecule is Cc1ccc2oc(SCc3cccc(C(=O)Nc4ccc(C)c(C)c4)c3)nc2c1. The number of nitrogens with one attached hydrogen (secondary N) is 1. The van der Waals surface area contributed by atoms with Gasteiger partial charge in [0.1, 0.15) is 5.52 Å². The lowest BCUT2D eigenvalue weighted by Gasteiger charge is -2.08. The van der Waals surface area contributed by atoms with E-state index in [1.807, 2.05) is 74.5 Å². The predicted molar refractivity (Wildman–Crippen MR) is 119 cm³/mol. The molecule has 0 radical (unpaired) electrons. The van der Waals surface area contributed by atoms with Crippen LogP contribution in [0, 0.1) is 20.8 Å². The molecule has 1 aromatic heterocycles. The first-order valence-corrected chi connectivity index (χ1v) is 10.4. The Labute approximate surface area is 174 Å². The number of carbonyl (C=O) groups is 1. The van der Waals surface area contributed by atoms with Crippen LogP contribution in [-0.4, -0.2) is 10.9 Å². The van der Waals surface area contributed by atoms with Gasteiger partial charge in [-0.2, -0.15) is 0 Å². The summed E-state index contributed by atoms with van der Waals surface area (Å²) in [5.74, 6) is 0.564. The van der Waals surface area contributed by atoms with Crippen molar-refractivity contribution >= 4 is 34.5 Å². The van der Waals surface area contributed by atoms with Crippen molar-refractivity contribution in [3.63, 3.8) is 0 Å². The summed E-state index contributed by atoms with van der Waals surface area (Å²) in [6, 6.07) is 19.5. The second-order valence-corrected chi connectivity index (χ2v) is 8.12. The molecule has 0 saturated carbocycles. The van der Waals surface area contributed by atoms with Gasteiger partial charge >= 0.3 is 0 Å². The van der Waals surface area contributed by atoms with E-state index < -0.39 is 0 Å². The van der Waals surface area contributed by atoms with Crippen molar-refractivity contribution in [3.8, 4) is 0 Å². The normalized spacial score (nSPS) is 11.0. The zero-order chi connectivity index (χ0) is 20.4. The number of benzene rings is 3. The van der Waals surface area contributed by atoms with E-state index in [1.54, 1.807) is 0 Å². The Balaban J connectivity index is 1.44. The molecule has 0 atom stereocenters. The molecule has 1 heterocycles. The van der Waals surface area contributed by atoms with Gasteiger partial charge in [-0.1, -0.05) is 36.0 Å². The molecule has 0 aliphatic carbocycles. The molecule has 0 aliphatic rings. The van der Waals surface area contributed by atoms with Crippen molar-refractivity contribution in [1.29, 1.82) is 0 Å². The molecule has 4 rings (SSSR count). The minimum Gasteiger partial charge on any atom is -0.431 e. The lowest BCUT2D eigenvalue weighted by atomic mass is 10.1. The van der Waals surface area contributed by atoms with Crippen LogP contribution in [0.25, 0.3) is 11.1 Å². The van der Waals surface area contributed by atoms with Crippen molar-refractivity contribution in [1.82, 2.24) is 4.98 Å². The number of fused-ring (bicyclic) bond motifs is 1. The smallest absolute Gasteiger partial charge is 0.257 e. The maximum absolute atomic E-state index is 12.6. The summed E-state index contributed by atoms with van der Waals surface area (Å²) >= 11 is 1.52. The fraction of sp³-hybridized carbons (Fsp3) is 0.167. The molecule has 1 N–H and O–H groups in total. The highest BCUT2D eigenvalue weighted by atomic mass is 32.2. The maximum atomic E-state index is 12.6. The number of hydrogen-bond acceptors (Lipinski definition) is 4. The topological polar surface area (TPSA) is 55.1 Å². The van der Waals surface area contributed by atoms with Crippen molar-refractivity contribution in [2.24, 2.45) is 0 Å². The molecule has 146 valence electrons. The zero-order valence-electron chi connectivity index (χ0n) is 16.7. The number of anilines is 1. The molecule has 0 bridgehead atoms. The van der Waals surface area contributed by atoms with E-state index in [-0.39, 0.29) is 5.91 Å². The van der Waals surface area contributed by atoms with Crippen LogP contribution in [0.5, 0.6) is 0 Å². The number of oxazole rings is 1. The molecule has 3 aromatic carbocycles. The molecule has 0 unspecified atom stereocenters. The Bertz CT molecular complexity index is 1200. The molecular weight excluding hydrogens is 380 g/mol. The van der Waals surface area contributed by atoms with E-state index in [1.165, 1.54) is 17.3 Å². The van der Waals surface area contributed by atoms with Crippen molar-refractivity contribution in [2.75, 3.05) is 5.32 Å². The number of amides is 1. The van der Waals surface area contributed by atoms with Gasteiger partial charge in [0.2, 0.25) is 0 Å². The second kappa shape index (κ2) is 8.13. The molecule has 1 amide bonds. The lowest BCUT2D eigenvalue weighted by molar-refractivity contribution is 0.102. The quantitative estimate of drug-likeness (QED) is 0.398. The highest BCUT2D eigenvalue weighted by molar-refractivity contribution is 7.98. The Morgan fingerprint density at radius 2 is 1.86 bits per heavy atom. The highest BCUT2D eigenvalue weighted by Gasteiger charge is 2.10. The van der Waals surface area contributed by atoms with Gasteiger partial charge in [-0.3, -0.25) is 4.79 Å². The Kier molecular flexibility index (Phi) is 5.41. The van der Waals surface area contributed by atoms with Gasteiger partial charge in [-0.05, 0) is 79.4 Å². The summed E-state index contributed by atoms with van der Waals surface area (Å²) in [7, 11) is 0. The fourth-order valence-electron chi connectivity index (χ4n) is 3.05. The molecule has 0 fully saturated rings. The van der Waals surface area contributed by atoms with Crippen LogP contribution in [0.4, 0.5) is 5.69 Å². The maximum Gasteiger partial charge on any atom is 0.257 e. The van der Waals surface area contributed by atoms with Gasteiger partial charge in [-0.25, -0.2) is 4.98 Å². The van der Waals surface area contributed by atoms with Gasteiger partial charge in [0, 0.05) is 17.0 Å². The molecular formula is C24H22N2O2S. The third kappa shape index (κ3) is 4.51. The number of aromatic nitrogens is 1. The van der Waals surface area contributed by atoms with Gasteiger partial charge in [-0.15, -0.1) is 0 Å².